The van der Waals surface area contributed by atoms with Gasteiger partial charge >= 0.3 is 5.97 Å². The number of hydrogen-bond donors (Lipinski definition) is 1. The lowest BCUT2D eigenvalue weighted by Gasteiger charge is -2.22. The Labute approximate surface area is 108 Å². The Morgan fingerprint density at radius 3 is 2.50 bits per heavy atom. The molecule has 5 nitrogen and oxygen atoms in total. The zero-order chi connectivity index (χ0) is 13.3. The van der Waals surface area contributed by atoms with Crippen molar-refractivity contribution in [2.24, 2.45) is 0 Å². The Bertz CT molecular complexity index is 511. The summed E-state index contributed by atoms with van der Waals surface area (Å²) in [4.78, 5) is 23.0. The van der Waals surface area contributed by atoms with Gasteiger partial charge in [0, 0.05) is 5.56 Å². The van der Waals surface area contributed by atoms with Gasteiger partial charge in [0.15, 0.2) is 17.3 Å². The van der Waals surface area contributed by atoms with E-state index in [9.17, 15) is 9.59 Å². The number of carboxylic acid groups (broad SMARTS) is 1. The summed E-state index contributed by atoms with van der Waals surface area (Å²) in [6.45, 7) is 0. The van der Waals surface area contributed by atoms with Gasteiger partial charge in [0.25, 0.3) is 0 Å². The number of carboxylic acids is 1. The van der Waals surface area contributed by atoms with Crippen molar-refractivity contribution in [1.82, 2.24) is 0 Å². The Balaban J connectivity index is 2.60. The third kappa shape index (κ3) is 2.03. The topological polar surface area (TPSA) is 72.8 Å². The zero-order valence-electron chi connectivity index (χ0n) is 9.93. The number of carbonyl (C=O) groups excluding carboxylic acids is 1. The van der Waals surface area contributed by atoms with E-state index >= 15 is 0 Å². The van der Waals surface area contributed by atoms with Crippen LogP contribution in [0.5, 0.6) is 11.5 Å². The Kier molecular flexibility index (Phi) is 3.47. The number of ketones is 1. The van der Waals surface area contributed by atoms with Crippen LogP contribution < -0.4 is 9.47 Å². The standard InChI is InChI=1S/C12H12O5S/c1-16-9-3-6-7(4-10(9)17-2)11(12(14)15)18-5-8(6)13/h3-4,11H,5H2,1-2H3,(H,14,15). The van der Waals surface area contributed by atoms with Gasteiger partial charge in [-0.05, 0) is 17.7 Å². The second kappa shape index (κ2) is 4.89. The Morgan fingerprint density at radius 2 is 1.94 bits per heavy atom. The lowest BCUT2D eigenvalue weighted by Crippen LogP contribution is -2.21. The van der Waals surface area contributed by atoms with Crippen molar-refractivity contribution >= 4 is 23.5 Å². The first-order chi connectivity index (χ1) is 8.58. The lowest BCUT2D eigenvalue weighted by atomic mass is 9.99. The third-order valence-corrected chi connectivity index (χ3v) is 3.96. The van der Waals surface area contributed by atoms with Crippen molar-refractivity contribution in [3.8, 4) is 11.5 Å². The van der Waals surface area contributed by atoms with Crippen LogP contribution in [0.3, 0.4) is 0 Å². The van der Waals surface area contributed by atoms with Gasteiger partial charge in [-0.15, -0.1) is 11.8 Å². The molecule has 1 atom stereocenters. The first-order valence-corrected chi connectivity index (χ1v) is 6.27. The second-order valence-corrected chi connectivity index (χ2v) is 4.84. The van der Waals surface area contributed by atoms with Crippen molar-refractivity contribution < 1.29 is 24.2 Å². The van der Waals surface area contributed by atoms with Crippen molar-refractivity contribution in [1.29, 1.82) is 0 Å². The average Bonchev–Trinajstić information content (AvgIpc) is 2.37. The first kappa shape index (κ1) is 12.8. The highest BCUT2D eigenvalue weighted by atomic mass is 32.2. The first-order valence-electron chi connectivity index (χ1n) is 5.22. The van der Waals surface area contributed by atoms with Gasteiger partial charge in [-0.3, -0.25) is 9.59 Å². The van der Waals surface area contributed by atoms with Gasteiger partial charge in [0.1, 0.15) is 5.25 Å². The summed E-state index contributed by atoms with van der Waals surface area (Å²) in [5.41, 5.74) is 0.875. The number of thioether (sulfide) groups is 1. The molecule has 0 bridgehead atoms. The van der Waals surface area contributed by atoms with Gasteiger partial charge in [-0.2, -0.15) is 0 Å². The van der Waals surface area contributed by atoms with Crippen molar-refractivity contribution in [3.63, 3.8) is 0 Å². The predicted octanol–water partition coefficient (Wildman–Crippen LogP) is 1.76. The van der Waals surface area contributed by atoms with Crippen LogP contribution in [0.15, 0.2) is 12.1 Å². The third-order valence-electron chi connectivity index (χ3n) is 2.74. The number of methoxy groups -OCH3 is 2. The molecule has 0 fully saturated rings. The van der Waals surface area contributed by atoms with E-state index in [1.807, 2.05) is 0 Å². The van der Waals surface area contributed by atoms with E-state index in [2.05, 4.69) is 0 Å². The van der Waals surface area contributed by atoms with E-state index in [0.717, 1.165) is 11.8 Å². The average molecular weight is 268 g/mol. The minimum atomic E-state index is -0.957. The molecule has 1 unspecified atom stereocenters. The van der Waals surface area contributed by atoms with E-state index in [-0.39, 0.29) is 11.5 Å². The molecule has 1 aromatic carbocycles. The molecular formula is C12H12O5S. The molecule has 0 saturated heterocycles. The lowest BCUT2D eigenvalue weighted by molar-refractivity contribution is -0.136. The minimum absolute atomic E-state index is 0.0894. The van der Waals surface area contributed by atoms with Gasteiger partial charge in [-0.25, -0.2) is 0 Å². The molecule has 1 N–H and O–H groups in total. The number of benzene rings is 1. The Morgan fingerprint density at radius 1 is 1.33 bits per heavy atom. The van der Waals surface area contributed by atoms with Gasteiger partial charge < -0.3 is 14.6 Å². The molecule has 6 heteroatoms. The highest BCUT2D eigenvalue weighted by molar-refractivity contribution is 8.01. The molecule has 0 aromatic heterocycles. The van der Waals surface area contributed by atoms with E-state index in [1.54, 1.807) is 12.1 Å². The van der Waals surface area contributed by atoms with E-state index in [0.29, 0.717) is 22.6 Å². The molecule has 0 radical (unpaired) electrons. The maximum absolute atomic E-state index is 11.8. The van der Waals surface area contributed by atoms with Crippen LogP contribution in [0.1, 0.15) is 21.2 Å². The summed E-state index contributed by atoms with van der Waals surface area (Å²) >= 11 is 1.11. The fraction of sp³-hybridized carbons (Fsp3) is 0.333. The summed E-state index contributed by atoms with van der Waals surface area (Å²) < 4.78 is 10.2. The molecule has 2 rings (SSSR count). The number of hydrogen-bond acceptors (Lipinski definition) is 5. The van der Waals surface area contributed by atoms with Crippen LogP contribution in [-0.2, 0) is 4.79 Å². The number of rotatable bonds is 3. The van der Waals surface area contributed by atoms with Crippen LogP contribution in [0.4, 0.5) is 0 Å². The molecule has 0 spiro atoms. The smallest absolute Gasteiger partial charge is 0.321 e. The second-order valence-electron chi connectivity index (χ2n) is 3.75. The minimum Gasteiger partial charge on any atom is -0.493 e. The molecule has 0 amide bonds. The zero-order valence-corrected chi connectivity index (χ0v) is 10.7. The maximum Gasteiger partial charge on any atom is 0.321 e. The van der Waals surface area contributed by atoms with Crippen LogP contribution in [0, 0.1) is 0 Å². The van der Waals surface area contributed by atoms with Crippen LogP contribution >= 0.6 is 11.8 Å². The summed E-state index contributed by atoms with van der Waals surface area (Å²) in [6, 6.07) is 3.11. The molecule has 1 aromatic rings. The normalized spacial score (nSPS) is 18.1. The summed E-state index contributed by atoms with van der Waals surface area (Å²) in [5.74, 6) is -0.0210. The summed E-state index contributed by atoms with van der Waals surface area (Å²) in [5, 5.41) is 8.42. The largest absolute Gasteiger partial charge is 0.493 e. The van der Waals surface area contributed by atoms with Crippen LogP contribution in [-0.4, -0.2) is 36.8 Å². The van der Waals surface area contributed by atoms with E-state index in [1.165, 1.54) is 14.2 Å². The summed E-state index contributed by atoms with van der Waals surface area (Å²) in [7, 11) is 2.94. The van der Waals surface area contributed by atoms with Crippen molar-refractivity contribution in [2.75, 3.05) is 20.0 Å². The maximum atomic E-state index is 11.8. The quantitative estimate of drug-likeness (QED) is 0.900. The van der Waals surface area contributed by atoms with Crippen molar-refractivity contribution in [2.45, 2.75) is 5.25 Å². The number of Topliss-reactive ketones (excluding diaryl/α,β-unsaturated/α-hetero) is 1. The van der Waals surface area contributed by atoms with Crippen molar-refractivity contribution in [3.05, 3.63) is 23.3 Å². The molecule has 1 heterocycles. The molecule has 18 heavy (non-hydrogen) atoms. The highest BCUT2D eigenvalue weighted by Gasteiger charge is 2.32. The fourth-order valence-corrected chi connectivity index (χ4v) is 2.87. The monoisotopic (exact) mass is 268 g/mol. The molecule has 0 aliphatic carbocycles. The molecule has 96 valence electrons. The number of aliphatic carboxylic acids is 1. The van der Waals surface area contributed by atoms with Crippen LogP contribution in [0.25, 0.3) is 0 Å². The molecule has 1 aliphatic rings. The van der Waals surface area contributed by atoms with Gasteiger partial charge in [-0.1, -0.05) is 0 Å². The predicted molar refractivity (Wildman–Crippen MR) is 66.7 cm³/mol. The number of fused-ring (bicyclic) bond motifs is 1. The molecular weight excluding hydrogens is 256 g/mol. The molecule has 1 aliphatic heterocycles. The SMILES string of the molecule is COc1cc2c(cc1OC)C(C(=O)O)SCC2=O. The number of ether oxygens (including phenoxy) is 2. The summed E-state index contributed by atoms with van der Waals surface area (Å²) in [6.07, 6.45) is 0. The van der Waals surface area contributed by atoms with Crippen LogP contribution in [0.2, 0.25) is 0 Å². The van der Waals surface area contributed by atoms with E-state index < -0.39 is 11.2 Å². The number of carbonyl (C=O) groups is 2. The highest BCUT2D eigenvalue weighted by Crippen LogP contribution is 2.42. The Hall–Kier alpha value is -1.69. The van der Waals surface area contributed by atoms with Gasteiger partial charge in [0.2, 0.25) is 0 Å². The van der Waals surface area contributed by atoms with Gasteiger partial charge in [0.05, 0.1) is 20.0 Å². The van der Waals surface area contributed by atoms with E-state index in [4.69, 9.17) is 14.6 Å². The fourth-order valence-electron chi connectivity index (χ4n) is 1.88. The molecule has 0 saturated carbocycles.